The van der Waals surface area contributed by atoms with E-state index in [4.69, 9.17) is 0 Å². The van der Waals surface area contributed by atoms with Crippen molar-refractivity contribution in [3.05, 3.63) is 45.0 Å². The van der Waals surface area contributed by atoms with Crippen molar-refractivity contribution in [2.24, 2.45) is 0 Å². The smallest absolute Gasteiger partial charge is 0.273 e. The van der Waals surface area contributed by atoms with E-state index in [1.165, 1.54) is 0 Å². The van der Waals surface area contributed by atoms with Crippen LogP contribution in [-0.2, 0) is 16.1 Å². The first kappa shape index (κ1) is 17.9. The highest BCUT2D eigenvalue weighted by Crippen LogP contribution is 2.10. The van der Waals surface area contributed by atoms with Crippen molar-refractivity contribution in [2.75, 3.05) is 19.6 Å². The van der Waals surface area contributed by atoms with E-state index in [2.05, 4.69) is 10.4 Å². The van der Waals surface area contributed by atoms with Crippen molar-refractivity contribution in [3.63, 3.8) is 0 Å². The van der Waals surface area contributed by atoms with Crippen LogP contribution in [0.3, 0.4) is 0 Å². The van der Waals surface area contributed by atoms with E-state index in [0.29, 0.717) is 31.4 Å². The quantitative estimate of drug-likeness (QED) is 0.797. The molecule has 1 fully saturated rings. The molecule has 1 aromatic carbocycles. The van der Waals surface area contributed by atoms with Gasteiger partial charge in [0, 0.05) is 26.1 Å². The lowest BCUT2D eigenvalue weighted by atomic mass is 10.2. The molecule has 1 saturated heterocycles. The normalized spacial score (nSPS) is 15.1. The molecular weight excluding hydrogens is 336 g/mol. The lowest BCUT2D eigenvalue weighted by Crippen LogP contribution is -2.41. The van der Waals surface area contributed by atoms with Gasteiger partial charge in [0.1, 0.15) is 6.54 Å². The van der Waals surface area contributed by atoms with Gasteiger partial charge in [-0.05, 0) is 25.0 Å². The summed E-state index contributed by atoms with van der Waals surface area (Å²) in [6, 6.07) is 6.48. The summed E-state index contributed by atoms with van der Waals surface area (Å²) in [7, 11) is 0. The molecule has 0 bridgehead atoms. The van der Waals surface area contributed by atoms with Gasteiger partial charge in [-0.3, -0.25) is 24.3 Å². The summed E-state index contributed by atoms with van der Waals surface area (Å²) in [5.41, 5.74) is -0.832. The molecule has 0 aliphatic carbocycles. The first-order valence-electron chi connectivity index (χ1n) is 8.82. The Morgan fingerprint density at radius 3 is 2.65 bits per heavy atom. The third-order valence-electron chi connectivity index (χ3n) is 4.56. The molecule has 1 aromatic heterocycles. The minimum absolute atomic E-state index is 0.117. The molecule has 0 saturated carbocycles. The highest BCUT2D eigenvalue weighted by Gasteiger charge is 2.16. The topological polar surface area (TPSA) is 104 Å². The second-order valence-electron chi connectivity index (χ2n) is 6.42. The number of H-pyrrole nitrogens is 1. The third kappa shape index (κ3) is 4.01. The number of likely N-dealkylation sites (tertiary alicyclic amines) is 1. The molecular formula is C18H22N4O4. The van der Waals surface area contributed by atoms with Gasteiger partial charge in [-0.2, -0.15) is 0 Å². The largest absolute Gasteiger partial charge is 0.353 e. The number of rotatable bonds is 5. The zero-order valence-corrected chi connectivity index (χ0v) is 14.5. The van der Waals surface area contributed by atoms with E-state index >= 15 is 0 Å². The van der Waals surface area contributed by atoms with Gasteiger partial charge in [-0.25, -0.2) is 4.68 Å². The number of nitrogens with one attached hydrogen (secondary N) is 2. The van der Waals surface area contributed by atoms with Crippen LogP contribution in [0.25, 0.3) is 10.8 Å². The Morgan fingerprint density at radius 2 is 1.85 bits per heavy atom. The van der Waals surface area contributed by atoms with Crippen molar-refractivity contribution < 1.29 is 9.59 Å². The highest BCUT2D eigenvalue weighted by molar-refractivity contribution is 5.81. The first-order chi connectivity index (χ1) is 12.6. The SMILES string of the molecule is O=C(Cn1[nH]c(=O)c2ccccc2c1=O)NCCN1CCCCCC1=O. The Balaban J connectivity index is 1.61. The number of carbonyl (C=O) groups excluding carboxylic acids is 2. The van der Waals surface area contributed by atoms with Crippen molar-refractivity contribution in [1.29, 1.82) is 0 Å². The minimum atomic E-state index is -0.418. The maximum Gasteiger partial charge on any atom is 0.273 e. The molecule has 2 aromatic rings. The number of hydrogen-bond donors (Lipinski definition) is 2. The van der Waals surface area contributed by atoms with E-state index in [0.717, 1.165) is 23.9 Å². The van der Waals surface area contributed by atoms with Crippen LogP contribution in [0.15, 0.2) is 33.9 Å². The number of fused-ring (bicyclic) bond motifs is 1. The molecule has 2 amide bonds. The van der Waals surface area contributed by atoms with Crippen LogP contribution in [0.1, 0.15) is 25.7 Å². The second kappa shape index (κ2) is 7.99. The number of aromatic amines is 1. The molecule has 2 N–H and O–H groups in total. The van der Waals surface area contributed by atoms with Gasteiger partial charge in [0.05, 0.1) is 10.8 Å². The molecule has 1 aliphatic rings. The van der Waals surface area contributed by atoms with Crippen LogP contribution >= 0.6 is 0 Å². The van der Waals surface area contributed by atoms with E-state index in [-0.39, 0.29) is 23.7 Å². The van der Waals surface area contributed by atoms with Crippen LogP contribution in [0.2, 0.25) is 0 Å². The zero-order valence-electron chi connectivity index (χ0n) is 14.5. The van der Waals surface area contributed by atoms with Gasteiger partial charge in [0.25, 0.3) is 11.1 Å². The first-order valence-corrected chi connectivity index (χ1v) is 8.82. The van der Waals surface area contributed by atoms with Gasteiger partial charge in [-0.1, -0.05) is 18.6 Å². The Hall–Kier alpha value is -2.90. The van der Waals surface area contributed by atoms with Crippen LogP contribution in [0, 0.1) is 0 Å². The maximum absolute atomic E-state index is 12.4. The molecule has 138 valence electrons. The summed E-state index contributed by atoms with van der Waals surface area (Å²) < 4.78 is 1.01. The lowest BCUT2D eigenvalue weighted by Gasteiger charge is -2.20. The number of nitrogens with zero attached hydrogens (tertiary/aromatic N) is 2. The maximum atomic E-state index is 12.4. The summed E-state index contributed by atoms with van der Waals surface area (Å²) in [5.74, 6) is -0.271. The van der Waals surface area contributed by atoms with Gasteiger partial charge < -0.3 is 10.2 Å². The number of hydrogen-bond acceptors (Lipinski definition) is 4. The molecule has 8 heteroatoms. The van der Waals surface area contributed by atoms with Crippen LogP contribution in [0.5, 0.6) is 0 Å². The van der Waals surface area contributed by atoms with Crippen LogP contribution in [0.4, 0.5) is 0 Å². The molecule has 2 heterocycles. The second-order valence-corrected chi connectivity index (χ2v) is 6.42. The molecule has 0 radical (unpaired) electrons. The van der Waals surface area contributed by atoms with Gasteiger partial charge in [0.15, 0.2) is 0 Å². The average molecular weight is 358 g/mol. The fourth-order valence-electron chi connectivity index (χ4n) is 3.16. The van der Waals surface area contributed by atoms with Crippen molar-refractivity contribution in [1.82, 2.24) is 20.0 Å². The molecule has 0 atom stereocenters. The highest BCUT2D eigenvalue weighted by atomic mass is 16.2. The molecule has 0 spiro atoms. The van der Waals surface area contributed by atoms with E-state index < -0.39 is 11.1 Å². The van der Waals surface area contributed by atoms with Crippen molar-refractivity contribution in [2.45, 2.75) is 32.2 Å². The summed E-state index contributed by atoms with van der Waals surface area (Å²) in [6.45, 7) is 1.21. The van der Waals surface area contributed by atoms with Crippen LogP contribution in [-0.4, -0.2) is 46.1 Å². The Kier molecular flexibility index (Phi) is 5.50. The van der Waals surface area contributed by atoms with E-state index in [1.54, 1.807) is 29.2 Å². The summed E-state index contributed by atoms with van der Waals surface area (Å²) in [6.07, 6.45) is 3.50. The van der Waals surface area contributed by atoms with E-state index in [9.17, 15) is 19.2 Å². The molecule has 0 unspecified atom stereocenters. The summed E-state index contributed by atoms with van der Waals surface area (Å²) in [4.78, 5) is 50.2. The zero-order chi connectivity index (χ0) is 18.5. The fraction of sp³-hybridized carbons (Fsp3) is 0.444. The molecule has 8 nitrogen and oxygen atoms in total. The predicted octanol–water partition coefficient (Wildman–Crippen LogP) is 0.209. The standard InChI is InChI=1S/C18H22N4O4/c23-15(19-9-11-21-10-5-1-2-8-16(21)24)12-22-18(26)14-7-4-3-6-13(14)17(25)20-22/h3-4,6-7H,1-2,5,8-12H2,(H,19,23)(H,20,25). The predicted molar refractivity (Wildman–Crippen MR) is 96.9 cm³/mol. The minimum Gasteiger partial charge on any atom is -0.353 e. The Labute approximate surface area is 149 Å². The van der Waals surface area contributed by atoms with Gasteiger partial charge in [0.2, 0.25) is 11.8 Å². The molecule has 1 aliphatic heterocycles. The molecule has 26 heavy (non-hydrogen) atoms. The number of benzene rings is 1. The third-order valence-corrected chi connectivity index (χ3v) is 4.56. The Morgan fingerprint density at radius 1 is 1.08 bits per heavy atom. The molecule has 3 rings (SSSR count). The lowest BCUT2D eigenvalue weighted by molar-refractivity contribution is -0.131. The van der Waals surface area contributed by atoms with Gasteiger partial charge in [-0.15, -0.1) is 0 Å². The summed E-state index contributed by atoms with van der Waals surface area (Å²) >= 11 is 0. The van der Waals surface area contributed by atoms with Crippen LogP contribution < -0.4 is 16.4 Å². The van der Waals surface area contributed by atoms with Crippen molar-refractivity contribution >= 4 is 22.6 Å². The number of carbonyl (C=O) groups is 2. The summed E-state index contributed by atoms with van der Waals surface area (Å²) in [5, 5.41) is 5.70. The van der Waals surface area contributed by atoms with Gasteiger partial charge >= 0.3 is 0 Å². The Bertz CT molecular complexity index is 931. The van der Waals surface area contributed by atoms with Crippen molar-refractivity contribution in [3.8, 4) is 0 Å². The number of amides is 2. The fourth-order valence-corrected chi connectivity index (χ4v) is 3.16. The monoisotopic (exact) mass is 358 g/mol. The number of aromatic nitrogens is 2. The average Bonchev–Trinajstić information content (AvgIpc) is 2.84. The van der Waals surface area contributed by atoms with E-state index in [1.807, 2.05) is 0 Å².